The molecule has 8 nitrogen and oxygen atoms in total. The van der Waals surface area contributed by atoms with Gasteiger partial charge in [-0.1, -0.05) is 6.07 Å². The third-order valence-electron chi connectivity index (χ3n) is 6.61. The van der Waals surface area contributed by atoms with Crippen LogP contribution in [0.2, 0.25) is 0 Å². The van der Waals surface area contributed by atoms with Gasteiger partial charge in [-0.15, -0.1) is 0 Å². The predicted molar refractivity (Wildman–Crippen MR) is 132 cm³/mol. The number of pyridine rings is 2. The number of hydrogen-bond acceptors (Lipinski definition) is 5. The fourth-order valence-corrected chi connectivity index (χ4v) is 4.69. The number of fused-ring (bicyclic) bond motifs is 2. The van der Waals surface area contributed by atoms with Crippen LogP contribution in [0.15, 0.2) is 59.7 Å². The second-order valence-electron chi connectivity index (χ2n) is 9.05. The number of carbonyl (C=O) groups is 1. The maximum atomic E-state index is 12.1. The maximum absolute atomic E-state index is 12.1. The largest absolute Gasteiger partial charge is 0.493 e. The number of aliphatic carboxylic acids is 1. The minimum absolute atomic E-state index is 0.185. The molecule has 1 N–H and O–H groups in total. The zero-order chi connectivity index (χ0) is 24.4. The van der Waals surface area contributed by atoms with Gasteiger partial charge in [-0.3, -0.25) is 19.3 Å². The number of carboxylic acid groups (broad SMARTS) is 1. The average Bonchev–Trinajstić information content (AvgIpc) is 3.27. The van der Waals surface area contributed by atoms with Gasteiger partial charge in [-0.05, 0) is 67.1 Å². The van der Waals surface area contributed by atoms with Gasteiger partial charge in [-0.2, -0.15) is 5.10 Å². The summed E-state index contributed by atoms with van der Waals surface area (Å²) >= 11 is 0. The van der Waals surface area contributed by atoms with Crippen LogP contribution in [0, 0.1) is 0 Å². The van der Waals surface area contributed by atoms with Gasteiger partial charge in [0.15, 0.2) is 0 Å². The van der Waals surface area contributed by atoms with Crippen LogP contribution >= 0.6 is 0 Å². The molecule has 35 heavy (non-hydrogen) atoms. The fraction of sp³-hybridized carbons (Fsp3) is 0.333. The lowest BCUT2D eigenvalue weighted by molar-refractivity contribution is -0.137. The lowest BCUT2D eigenvalue weighted by Crippen LogP contribution is -2.21. The van der Waals surface area contributed by atoms with Gasteiger partial charge in [0.05, 0.1) is 30.8 Å². The molecular weight excluding hydrogens is 444 g/mol. The first-order chi connectivity index (χ1) is 17.0. The minimum Gasteiger partial charge on any atom is -0.493 e. The summed E-state index contributed by atoms with van der Waals surface area (Å²) in [5, 5.41) is 14.8. The summed E-state index contributed by atoms with van der Waals surface area (Å²) in [5.41, 5.74) is 4.85. The Hall–Kier alpha value is -3.94. The van der Waals surface area contributed by atoms with Gasteiger partial charge >= 0.3 is 5.97 Å². The van der Waals surface area contributed by atoms with Crippen molar-refractivity contribution in [3.8, 4) is 5.75 Å². The number of carboxylic acids is 1. The van der Waals surface area contributed by atoms with E-state index in [9.17, 15) is 14.7 Å². The highest BCUT2D eigenvalue weighted by molar-refractivity contribution is 5.81. The van der Waals surface area contributed by atoms with Crippen LogP contribution < -0.4 is 10.3 Å². The van der Waals surface area contributed by atoms with E-state index in [0.717, 1.165) is 41.6 Å². The van der Waals surface area contributed by atoms with Crippen LogP contribution in [0.4, 0.5) is 0 Å². The average molecular weight is 473 g/mol. The summed E-state index contributed by atoms with van der Waals surface area (Å²) in [4.78, 5) is 28.5. The Labute approximate surface area is 202 Å². The van der Waals surface area contributed by atoms with Gasteiger partial charge in [0, 0.05) is 42.5 Å². The minimum atomic E-state index is -0.963. The molecule has 1 aromatic carbocycles. The highest BCUT2D eigenvalue weighted by Gasteiger charge is 2.21. The van der Waals surface area contributed by atoms with Gasteiger partial charge < -0.3 is 14.4 Å². The molecule has 0 amide bonds. The lowest BCUT2D eigenvalue weighted by atomic mass is 9.96. The third-order valence-corrected chi connectivity index (χ3v) is 6.61. The molecule has 0 saturated carbocycles. The van der Waals surface area contributed by atoms with Crippen LogP contribution in [0.1, 0.15) is 47.8 Å². The van der Waals surface area contributed by atoms with E-state index in [1.165, 1.54) is 34.7 Å². The van der Waals surface area contributed by atoms with E-state index in [0.29, 0.717) is 12.2 Å². The first-order valence-corrected chi connectivity index (χ1v) is 11.9. The second-order valence-corrected chi connectivity index (χ2v) is 9.05. The first-order valence-electron chi connectivity index (χ1n) is 11.9. The molecule has 3 heterocycles. The van der Waals surface area contributed by atoms with Gasteiger partial charge in [0.1, 0.15) is 5.75 Å². The van der Waals surface area contributed by atoms with Crippen LogP contribution in [0.3, 0.4) is 0 Å². The molecule has 0 saturated heterocycles. The molecule has 5 rings (SSSR count). The maximum Gasteiger partial charge on any atom is 0.305 e. The second kappa shape index (κ2) is 9.74. The fourth-order valence-electron chi connectivity index (χ4n) is 4.69. The molecule has 4 aromatic rings. The van der Waals surface area contributed by atoms with Crippen molar-refractivity contribution < 1.29 is 14.6 Å². The molecule has 0 radical (unpaired) electrons. The molecule has 0 bridgehead atoms. The van der Waals surface area contributed by atoms with Crippen molar-refractivity contribution in [2.24, 2.45) is 7.05 Å². The Kier molecular flexibility index (Phi) is 6.35. The quantitative estimate of drug-likeness (QED) is 0.420. The Balaban J connectivity index is 1.32. The van der Waals surface area contributed by atoms with Crippen molar-refractivity contribution >= 4 is 16.9 Å². The first kappa shape index (κ1) is 22.8. The number of aryl methyl sites for hydroxylation is 3. The van der Waals surface area contributed by atoms with E-state index < -0.39 is 12.0 Å². The number of nitrogens with zero attached hydrogens (tertiary/aromatic N) is 4. The summed E-state index contributed by atoms with van der Waals surface area (Å²) in [6, 6.07) is 12.6. The SMILES string of the molecule is Cn1ccc(C(CC(=O)O)n2ncc3cc(OCCc4ccc5c(n4)CCCC5)ccc32)cc1=O. The molecule has 3 aromatic heterocycles. The number of hydrogen-bond donors (Lipinski definition) is 1. The number of rotatable bonds is 8. The highest BCUT2D eigenvalue weighted by atomic mass is 16.5. The van der Waals surface area contributed by atoms with Gasteiger partial charge in [-0.25, -0.2) is 0 Å². The summed E-state index contributed by atoms with van der Waals surface area (Å²) in [5.74, 6) is -0.242. The monoisotopic (exact) mass is 472 g/mol. The number of benzene rings is 1. The standard InChI is InChI=1S/C27H28N4O4/c1-30-12-10-19(15-26(30)32)25(16-27(33)34)31-24-9-8-22(14-20(24)17-28-31)35-13-11-21-7-6-18-4-2-3-5-23(18)29-21/h6-10,12,14-15,17,25H,2-5,11,13,16H2,1H3,(H,33,34). The molecule has 8 heteroatoms. The van der Waals surface area contributed by atoms with Gasteiger partial charge in [0.2, 0.25) is 0 Å². The van der Waals surface area contributed by atoms with Crippen LogP contribution in [-0.2, 0) is 31.1 Å². The summed E-state index contributed by atoms with van der Waals surface area (Å²) < 4.78 is 9.11. The third kappa shape index (κ3) is 4.96. The number of ether oxygens (including phenoxy) is 1. The molecule has 1 aliphatic carbocycles. The summed E-state index contributed by atoms with van der Waals surface area (Å²) in [7, 11) is 1.66. The summed E-state index contributed by atoms with van der Waals surface area (Å²) in [6.45, 7) is 0.514. The Bertz CT molecular complexity index is 1440. The van der Waals surface area contributed by atoms with Crippen molar-refractivity contribution in [2.45, 2.75) is 44.6 Å². The van der Waals surface area contributed by atoms with E-state index in [1.807, 2.05) is 18.2 Å². The molecule has 0 aliphatic heterocycles. The molecule has 0 spiro atoms. The lowest BCUT2D eigenvalue weighted by Gasteiger charge is -2.18. The molecule has 0 fully saturated rings. The Morgan fingerprint density at radius 1 is 1.14 bits per heavy atom. The zero-order valence-corrected chi connectivity index (χ0v) is 19.7. The number of aromatic nitrogens is 4. The molecule has 1 aliphatic rings. The smallest absolute Gasteiger partial charge is 0.305 e. The van der Waals surface area contributed by atoms with Crippen molar-refractivity contribution in [3.05, 3.63) is 87.7 Å². The molecular formula is C27H28N4O4. The van der Waals surface area contributed by atoms with Crippen molar-refractivity contribution in [1.29, 1.82) is 0 Å². The summed E-state index contributed by atoms with van der Waals surface area (Å²) in [6.07, 6.45) is 8.53. The highest BCUT2D eigenvalue weighted by Crippen LogP contribution is 2.28. The predicted octanol–water partition coefficient (Wildman–Crippen LogP) is 3.69. The van der Waals surface area contributed by atoms with Crippen molar-refractivity contribution in [3.63, 3.8) is 0 Å². The van der Waals surface area contributed by atoms with Crippen molar-refractivity contribution in [2.75, 3.05) is 6.61 Å². The van der Waals surface area contributed by atoms with Crippen LogP contribution in [0.5, 0.6) is 5.75 Å². The topological polar surface area (TPSA) is 99.2 Å². The van der Waals surface area contributed by atoms with Crippen LogP contribution in [0.25, 0.3) is 10.9 Å². The Morgan fingerprint density at radius 2 is 2.00 bits per heavy atom. The normalized spacial score (nSPS) is 14.0. The van der Waals surface area contributed by atoms with E-state index >= 15 is 0 Å². The zero-order valence-electron chi connectivity index (χ0n) is 19.7. The van der Waals surface area contributed by atoms with E-state index in [-0.39, 0.29) is 12.0 Å². The van der Waals surface area contributed by atoms with Gasteiger partial charge in [0.25, 0.3) is 5.56 Å². The van der Waals surface area contributed by atoms with E-state index in [2.05, 4.69) is 17.2 Å². The van der Waals surface area contributed by atoms with Crippen molar-refractivity contribution in [1.82, 2.24) is 19.3 Å². The van der Waals surface area contributed by atoms with Crippen LogP contribution in [-0.4, -0.2) is 37.0 Å². The molecule has 1 atom stereocenters. The molecule has 180 valence electrons. The molecule has 1 unspecified atom stereocenters. The van der Waals surface area contributed by atoms with E-state index in [4.69, 9.17) is 9.72 Å². The van der Waals surface area contributed by atoms with E-state index in [1.54, 1.807) is 30.2 Å². The Morgan fingerprint density at radius 3 is 2.83 bits per heavy atom.